The van der Waals surface area contributed by atoms with Gasteiger partial charge in [0.25, 0.3) is 5.56 Å². The average molecular weight is 595 g/mol. The molecule has 10 heteroatoms. The molecule has 6 aromatic rings. The number of aliphatic hydroxyl groups is 1. The SMILES string of the molecule is Cc1nc(-c2cccc(F)c2OCc2ccccc2)n(CCc2ccccc2)c(=O)c1-c1cc(-c2nnc(CO)o2)cs1. The summed E-state index contributed by atoms with van der Waals surface area (Å²) in [6, 6.07) is 25.8. The third-order valence-electron chi connectivity index (χ3n) is 6.95. The summed E-state index contributed by atoms with van der Waals surface area (Å²) < 4.78 is 28.4. The predicted molar refractivity (Wildman–Crippen MR) is 162 cm³/mol. The highest BCUT2D eigenvalue weighted by Crippen LogP contribution is 2.35. The quantitative estimate of drug-likeness (QED) is 0.194. The van der Waals surface area contributed by atoms with Crippen molar-refractivity contribution in [2.24, 2.45) is 0 Å². The number of para-hydroxylation sites is 1. The normalized spacial score (nSPS) is 11.1. The molecule has 8 nitrogen and oxygen atoms in total. The van der Waals surface area contributed by atoms with Crippen LogP contribution in [0.3, 0.4) is 0 Å². The number of aliphatic hydroxyl groups excluding tert-OH is 1. The zero-order valence-corrected chi connectivity index (χ0v) is 24.1. The van der Waals surface area contributed by atoms with Gasteiger partial charge in [0, 0.05) is 16.8 Å². The van der Waals surface area contributed by atoms with Crippen molar-refractivity contribution < 1.29 is 18.7 Å². The lowest BCUT2D eigenvalue weighted by molar-refractivity contribution is 0.241. The highest BCUT2D eigenvalue weighted by molar-refractivity contribution is 7.14. The Balaban J connectivity index is 1.45. The number of hydrogen-bond acceptors (Lipinski definition) is 8. The summed E-state index contributed by atoms with van der Waals surface area (Å²) in [6.45, 7) is 1.87. The minimum Gasteiger partial charge on any atom is -0.485 e. The summed E-state index contributed by atoms with van der Waals surface area (Å²) in [7, 11) is 0. The van der Waals surface area contributed by atoms with E-state index in [1.54, 1.807) is 29.7 Å². The van der Waals surface area contributed by atoms with Gasteiger partial charge in [-0.3, -0.25) is 9.36 Å². The summed E-state index contributed by atoms with van der Waals surface area (Å²) in [6.07, 6.45) is 0.565. The molecule has 216 valence electrons. The van der Waals surface area contributed by atoms with E-state index < -0.39 is 5.82 Å². The first-order valence-corrected chi connectivity index (χ1v) is 14.5. The van der Waals surface area contributed by atoms with Gasteiger partial charge >= 0.3 is 0 Å². The number of thiophene rings is 1. The molecule has 0 aliphatic rings. The molecular weight excluding hydrogens is 567 g/mol. The van der Waals surface area contributed by atoms with Crippen LogP contribution < -0.4 is 10.3 Å². The fourth-order valence-corrected chi connectivity index (χ4v) is 5.79. The van der Waals surface area contributed by atoms with Gasteiger partial charge in [0.2, 0.25) is 11.8 Å². The molecule has 0 unspecified atom stereocenters. The Morgan fingerprint density at radius 2 is 1.72 bits per heavy atom. The molecule has 1 N–H and O–H groups in total. The number of benzene rings is 3. The van der Waals surface area contributed by atoms with Crippen LogP contribution in [0.25, 0.3) is 33.3 Å². The first kappa shape index (κ1) is 28.2. The predicted octanol–water partition coefficient (Wildman–Crippen LogP) is 6.45. The summed E-state index contributed by atoms with van der Waals surface area (Å²) in [5.41, 5.74) is 3.63. The van der Waals surface area contributed by atoms with Gasteiger partial charge in [-0.25, -0.2) is 9.37 Å². The van der Waals surface area contributed by atoms with Crippen LogP contribution in [0.15, 0.2) is 99.5 Å². The van der Waals surface area contributed by atoms with E-state index in [1.165, 1.54) is 17.4 Å². The Labute approximate surface area is 250 Å². The number of rotatable bonds is 10. The van der Waals surface area contributed by atoms with Gasteiger partial charge in [-0.15, -0.1) is 21.5 Å². The van der Waals surface area contributed by atoms with Crippen molar-refractivity contribution in [3.63, 3.8) is 0 Å². The van der Waals surface area contributed by atoms with E-state index >= 15 is 4.39 Å². The molecule has 0 aliphatic carbocycles. The number of halogens is 1. The van der Waals surface area contributed by atoms with Crippen LogP contribution in [0.1, 0.15) is 22.7 Å². The summed E-state index contributed by atoms with van der Waals surface area (Å²) >= 11 is 1.35. The number of aromatic nitrogens is 4. The molecule has 0 saturated heterocycles. The molecule has 0 spiro atoms. The van der Waals surface area contributed by atoms with E-state index in [0.717, 1.165) is 11.1 Å². The lowest BCUT2D eigenvalue weighted by Crippen LogP contribution is -2.27. The molecule has 0 atom stereocenters. The fourth-order valence-electron chi connectivity index (χ4n) is 4.82. The maximum atomic E-state index is 15.3. The number of ether oxygens (including phenoxy) is 1. The Morgan fingerprint density at radius 3 is 2.44 bits per heavy atom. The average Bonchev–Trinajstić information content (AvgIpc) is 3.71. The van der Waals surface area contributed by atoms with E-state index in [0.29, 0.717) is 46.1 Å². The van der Waals surface area contributed by atoms with Gasteiger partial charge in [0.05, 0.1) is 22.4 Å². The minimum absolute atomic E-state index is 0.0355. The second kappa shape index (κ2) is 12.5. The third kappa shape index (κ3) is 6.01. The summed E-state index contributed by atoms with van der Waals surface area (Å²) in [4.78, 5) is 19.9. The Morgan fingerprint density at radius 1 is 0.977 bits per heavy atom. The molecule has 43 heavy (non-hydrogen) atoms. The van der Waals surface area contributed by atoms with E-state index in [-0.39, 0.29) is 36.3 Å². The molecule has 0 aliphatic heterocycles. The molecule has 0 bridgehead atoms. The highest BCUT2D eigenvalue weighted by Gasteiger charge is 2.23. The first-order chi connectivity index (χ1) is 21.0. The molecule has 0 radical (unpaired) electrons. The van der Waals surface area contributed by atoms with Crippen LogP contribution in [0.5, 0.6) is 5.75 Å². The number of hydrogen-bond donors (Lipinski definition) is 1. The zero-order valence-electron chi connectivity index (χ0n) is 23.2. The smallest absolute Gasteiger partial charge is 0.262 e. The monoisotopic (exact) mass is 594 g/mol. The second-order valence-electron chi connectivity index (χ2n) is 9.84. The van der Waals surface area contributed by atoms with Gasteiger partial charge in [-0.2, -0.15) is 0 Å². The lowest BCUT2D eigenvalue weighted by atomic mass is 10.1. The van der Waals surface area contributed by atoms with Gasteiger partial charge in [-0.1, -0.05) is 66.7 Å². The van der Waals surface area contributed by atoms with Gasteiger partial charge in [0.1, 0.15) is 19.0 Å². The summed E-state index contributed by atoms with van der Waals surface area (Å²) in [5, 5.41) is 18.9. The fraction of sp³-hybridized carbons (Fsp3) is 0.152. The van der Waals surface area contributed by atoms with E-state index in [1.807, 2.05) is 66.0 Å². The second-order valence-corrected chi connectivity index (χ2v) is 10.7. The van der Waals surface area contributed by atoms with Gasteiger partial charge in [0.15, 0.2) is 11.6 Å². The topological polar surface area (TPSA) is 103 Å². The molecule has 3 heterocycles. The van der Waals surface area contributed by atoms with Crippen LogP contribution in [0.4, 0.5) is 4.39 Å². The lowest BCUT2D eigenvalue weighted by Gasteiger charge is -2.18. The van der Waals surface area contributed by atoms with Crippen molar-refractivity contribution >= 4 is 11.3 Å². The largest absolute Gasteiger partial charge is 0.485 e. The molecule has 0 saturated carbocycles. The van der Waals surface area contributed by atoms with E-state index in [9.17, 15) is 9.90 Å². The van der Waals surface area contributed by atoms with Crippen LogP contribution in [0.2, 0.25) is 0 Å². The molecule has 3 aromatic heterocycles. The van der Waals surface area contributed by atoms with Crippen molar-refractivity contribution in [3.05, 3.63) is 129 Å². The zero-order chi connectivity index (χ0) is 29.8. The van der Waals surface area contributed by atoms with Crippen molar-refractivity contribution in [3.8, 4) is 39.0 Å². The van der Waals surface area contributed by atoms with Gasteiger partial charge in [-0.05, 0) is 42.7 Å². The molecular formula is C33H27FN4O4S. The Hall–Kier alpha value is -4.93. The first-order valence-electron chi connectivity index (χ1n) is 13.7. The van der Waals surface area contributed by atoms with E-state index in [4.69, 9.17) is 14.1 Å². The highest BCUT2D eigenvalue weighted by atomic mass is 32.1. The standard InChI is InChI=1S/C33H27FN4O4S/c1-21-29(27-17-24(20-43-27)32-37-36-28(18-39)42-32)33(40)38(16-15-22-9-4-2-5-10-22)31(35-21)25-13-8-14-26(34)30(25)41-19-23-11-6-3-7-12-23/h2-14,17,20,39H,15-16,18-19H2,1H3. The van der Waals surface area contributed by atoms with Crippen molar-refractivity contribution in [2.75, 3.05) is 0 Å². The maximum absolute atomic E-state index is 15.3. The van der Waals surface area contributed by atoms with Crippen molar-refractivity contribution in [1.82, 2.24) is 19.7 Å². The molecule has 3 aromatic carbocycles. The van der Waals surface area contributed by atoms with Gasteiger partial charge < -0.3 is 14.3 Å². The van der Waals surface area contributed by atoms with Crippen LogP contribution in [-0.4, -0.2) is 24.9 Å². The van der Waals surface area contributed by atoms with Crippen LogP contribution >= 0.6 is 11.3 Å². The Kier molecular flexibility index (Phi) is 8.21. The third-order valence-corrected chi connectivity index (χ3v) is 7.89. The summed E-state index contributed by atoms with van der Waals surface area (Å²) in [5.74, 6) is 0.176. The van der Waals surface area contributed by atoms with E-state index in [2.05, 4.69) is 10.2 Å². The number of aryl methyl sites for hydroxylation is 2. The Bertz CT molecular complexity index is 1920. The molecule has 0 amide bonds. The van der Waals surface area contributed by atoms with Crippen molar-refractivity contribution in [1.29, 1.82) is 0 Å². The number of nitrogens with zero attached hydrogens (tertiary/aromatic N) is 4. The van der Waals surface area contributed by atoms with Crippen molar-refractivity contribution in [2.45, 2.75) is 33.1 Å². The van der Waals surface area contributed by atoms with Crippen LogP contribution in [0, 0.1) is 12.7 Å². The van der Waals surface area contributed by atoms with Crippen LogP contribution in [-0.2, 0) is 26.2 Å². The molecule has 0 fully saturated rings. The minimum atomic E-state index is -0.538. The molecule has 6 rings (SSSR count). The maximum Gasteiger partial charge on any atom is 0.262 e.